The van der Waals surface area contributed by atoms with E-state index in [4.69, 9.17) is 21.1 Å². The van der Waals surface area contributed by atoms with Gasteiger partial charge in [-0.05, 0) is 31.5 Å². The Hall–Kier alpha value is -0.940. The van der Waals surface area contributed by atoms with Crippen LogP contribution in [-0.2, 0) is 6.54 Å². The number of halogens is 2. The van der Waals surface area contributed by atoms with Crippen LogP contribution in [0.1, 0.15) is 19.4 Å². The average Bonchev–Trinajstić information content (AvgIpc) is 2.43. The van der Waals surface area contributed by atoms with Gasteiger partial charge in [-0.3, -0.25) is 0 Å². The molecule has 0 radical (unpaired) electrons. The molecule has 0 atom stereocenters. The fourth-order valence-electron chi connectivity index (χ4n) is 1.55. The molecule has 4 nitrogen and oxygen atoms in total. The number of methoxy groups -OCH3 is 1. The Morgan fingerprint density at radius 1 is 1.43 bits per heavy atom. The van der Waals surface area contributed by atoms with E-state index in [9.17, 15) is 5.11 Å². The first-order chi connectivity index (χ1) is 9.43. The zero-order chi connectivity index (χ0) is 15.2. The molecule has 0 amide bonds. The number of hydrogen-bond acceptors (Lipinski definition) is 4. The van der Waals surface area contributed by atoms with E-state index in [-0.39, 0.29) is 24.6 Å². The number of ether oxygens (including phenoxy) is 2. The molecule has 0 heterocycles. The first-order valence-electron chi connectivity index (χ1n) is 6.39. The molecular weight excluding hydrogens is 313 g/mol. The highest BCUT2D eigenvalue weighted by Gasteiger charge is 2.17. The van der Waals surface area contributed by atoms with E-state index in [0.717, 1.165) is 5.56 Å². The Kier molecular flexibility index (Phi) is 8.74. The summed E-state index contributed by atoms with van der Waals surface area (Å²) < 4.78 is 10.8. The van der Waals surface area contributed by atoms with Gasteiger partial charge in [0.15, 0.2) is 11.5 Å². The Bertz CT molecular complexity index is 464. The van der Waals surface area contributed by atoms with Crippen molar-refractivity contribution >= 4 is 24.0 Å². The highest BCUT2D eigenvalue weighted by atomic mass is 35.5. The van der Waals surface area contributed by atoms with Gasteiger partial charge in [-0.15, -0.1) is 12.4 Å². The van der Waals surface area contributed by atoms with Gasteiger partial charge < -0.3 is 19.9 Å². The van der Waals surface area contributed by atoms with Gasteiger partial charge in [0.25, 0.3) is 0 Å². The third-order valence-electron chi connectivity index (χ3n) is 2.80. The van der Waals surface area contributed by atoms with Crippen molar-refractivity contribution in [1.29, 1.82) is 0 Å². The standard InChI is InChI=1S/C15H22ClNO3.ClH/c1-5-6-20-14-12(16)7-11(8-13(14)19-4)9-17-15(2,3)10-18;/h5,7-8,17-18H,1,6,9-10H2,2-4H3;1H. The number of nitrogens with one attached hydrogen (secondary N) is 1. The number of benzene rings is 1. The van der Waals surface area contributed by atoms with Gasteiger partial charge in [0.05, 0.1) is 18.7 Å². The Morgan fingerprint density at radius 2 is 2.10 bits per heavy atom. The summed E-state index contributed by atoms with van der Waals surface area (Å²) in [5.41, 5.74) is 0.608. The monoisotopic (exact) mass is 335 g/mol. The lowest BCUT2D eigenvalue weighted by molar-refractivity contribution is 0.187. The minimum absolute atomic E-state index is 0. The van der Waals surface area contributed by atoms with Crippen LogP contribution in [-0.4, -0.2) is 31.0 Å². The van der Waals surface area contributed by atoms with Gasteiger partial charge in [-0.1, -0.05) is 24.3 Å². The van der Waals surface area contributed by atoms with Gasteiger partial charge in [0.1, 0.15) is 6.61 Å². The average molecular weight is 336 g/mol. The summed E-state index contributed by atoms with van der Waals surface area (Å²) in [6.45, 7) is 8.44. The lowest BCUT2D eigenvalue weighted by atomic mass is 10.1. The largest absolute Gasteiger partial charge is 0.493 e. The van der Waals surface area contributed by atoms with Gasteiger partial charge in [0, 0.05) is 12.1 Å². The van der Waals surface area contributed by atoms with Crippen molar-refractivity contribution < 1.29 is 14.6 Å². The second-order valence-electron chi connectivity index (χ2n) is 5.10. The number of aliphatic hydroxyl groups excluding tert-OH is 1. The van der Waals surface area contributed by atoms with E-state index in [1.54, 1.807) is 13.2 Å². The topological polar surface area (TPSA) is 50.7 Å². The Labute approximate surface area is 137 Å². The zero-order valence-electron chi connectivity index (χ0n) is 12.6. The summed E-state index contributed by atoms with van der Waals surface area (Å²) >= 11 is 6.22. The molecule has 0 aromatic heterocycles. The van der Waals surface area contributed by atoms with Gasteiger partial charge >= 0.3 is 0 Å². The molecule has 120 valence electrons. The highest BCUT2D eigenvalue weighted by Crippen LogP contribution is 2.36. The van der Waals surface area contributed by atoms with Crippen molar-refractivity contribution in [1.82, 2.24) is 5.32 Å². The molecule has 1 aromatic rings. The van der Waals surface area contributed by atoms with E-state index < -0.39 is 0 Å². The number of aliphatic hydroxyl groups is 1. The van der Waals surface area contributed by atoms with E-state index in [1.807, 2.05) is 26.0 Å². The number of hydrogen-bond donors (Lipinski definition) is 2. The zero-order valence-corrected chi connectivity index (χ0v) is 14.2. The van der Waals surface area contributed by atoms with E-state index in [1.165, 1.54) is 0 Å². The molecule has 0 unspecified atom stereocenters. The maximum absolute atomic E-state index is 9.23. The van der Waals surface area contributed by atoms with Crippen LogP contribution in [0.25, 0.3) is 0 Å². The summed E-state index contributed by atoms with van der Waals surface area (Å²) in [7, 11) is 1.57. The fraction of sp³-hybridized carbons (Fsp3) is 0.467. The molecule has 0 aliphatic heterocycles. The second kappa shape index (κ2) is 9.15. The number of rotatable bonds is 8. The van der Waals surface area contributed by atoms with Crippen molar-refractivity contribution in [2.75, 3.05) is 20.3 Å². The smallest absolute Gasteiger partial charge is 0.180 e. The summed E-state index contributed by atoms with van der Waals surface area (Å²) in [5.74, 6) is 1.09. The van der Waals surface area contributed by atoms with E-state index >= 15 is 0 Å². The van der Waals surface area contributed by atoms with E-state index in [2.05, 4.69) is 11.9 Å². The lowest BCUT2D eigenvalue weighted by Crippen LogP contribution is -2.42. The molecule has 0 aliphatic rings. The van der Waals surface area contributed by atoms with Gasteiger partial charge in [-0.2, -0.15) is 0 Å². The summed E-state index contributed by atoms with van der Waals surface area (Å²) in [4.78, 5) is 0. The first kappa shape index (κ1) is 20.1. The first-order valence-corrected chi connectivity index (χ1v) is 6.77. The van der Waals surface area contributed by atoms with Crippen molar-refractivity contribution in [3.8, 4) is 11.5 Å². The highest BCUT2D eigenvalue weighted by molar-refractivity contribution is 6.32. The maximum Gasteiger partial charge on any atom is 0.180 e. The van der Waals surface area contributed by atoms with E-state index in [0.29, 0.717) is 29.7 Å². The van der Waals surface area contributed by atoms with Crippen LogP contribution in [0.4, 0.5) is 0 Å². The Morgan fingerprint density at radius 3 is 2.62 bits per heavy atom. The molecule has 1 rings (SSSR count). The molecule has 6 heteroatoms. The van der Waals surface area contributed by atoms with Crippen LogP contribution >= 0.6 is 24.0 Å². The quantitative estimate of drug-likeness (QED) is 0.716. The molecule has 0 saturated heterocycles. The third-order valence-corrected chi connectivity index (χ3v) is 3.08. The molecule has 0 saturated carbocycles. The molecule has 0 aliphatic carbocycles. The van der Waals surface area contributed by atoms with Crippen molar-refractivity contribution in [2.45, 2.75) is 25.9 Å². The molecule has 0 bridgehead atoms. The molecular formula is C15H23Cl2NO3. The van der Waals surface area contributed by atoms with Crippen LogP contribution in [0.2, 0.25) is 5.02 Å². The van der Waals surface area contributed by atoms with Crippen molar-refractivity contribution in [2.24, 2.45) is 0 Å². The van der Waals surface area contributed by atoms with Crippen LogP contribution in [0, 0.1) is 0 Å². The molecule has 21 heavy (non-hydrogen) atoms. The minimum Gasteiger partial charge on any atom is -0.493 e. The van der Waals surface area contributed by atoms with Crippen LogP contribution in [0.5, 0.6) is 11.5 Å². The van der Waals surface area contributed by atoms with Crippen LogP contribution in [0.15, 0.2) is 24.8 Å². The van der Waals surface area contributed by atoms with Crippen molar-refractivity contribution in [3.05, 3.63) is 35.4 Å². The predicted octanol–water partition coefficient (Wildman–Crippen LogP) is 3.20. The fourth-order valence-corrected chi connectivity index (χ4v) is 1.84. The second-order valence-corrected chi connectivity index (χ2v) is 5.51. The van der Waals surface area contributed by atoms with Crippen LogP contribution in [0.3, 0.4) is 0 Å². The SMILES string of the molecule is C=CCOc1c(Cl)cc(CNC(C)(C)CO)cc1OC.Cl. The Balaban J connectivity index is 0.00000400. The van der Waals surface area contributed by atoms with Gasteiger partial charge in [0.2, 0.25) is 0 Å². The maximum atomic E-state index is 9.23. The minimum atomic E-state index is -0.349. The molecule has 0 spiro atoms. The summed E-state index contributed by atoms with van der Waals surface area (Å²) in [6.07, 6.45) is 1.65. The van der Waals surface area contributed by atoms with Crippen molar-refractivity contribution in [3.63, 3.8) is 0 Å². The van der Waals surface area contributed by atoms with Crippen LogP contribution < -0.4 is 14.8 Å². The molecule has 1 aromatic carbocycles. The predicted molar refractivity (Wildman–Crippen MR) is 88.9 cm³/mol. The van der Waals surface area contributed by atoms with Gasteiger partial charge in [-0.25, -0.2) is 0 Å². The molecule has 0 fully saturated rings. The lowest BCUT2D eigenvalue weighted by Gasteiger charge is -2.24. The normalized spacial score (nSPS) is 10.7. The summed E-state index contributed by atoms with van der Waals surface area (Å²) in [6, 6.07) is 3.69. The third kappa shape index (κ3) is 6.14. The summed E-state index contributed by atoms with van der Waals surface area (Å²) in [5, 5.41) is 13.0. The molecule has 2 N–H and O–H groups in total.